The summed E-state index contributed by atoms with van der Waals surface area (Å²) in [6.45, 7) is 2.52. The van der Waals surface area contributed by atoms with Crippen LogP contribution in [0.4, 0.5) is 0 Å². The number of aldehydes is 1. The van der Waals surface area contributed by atoms with Crippen molar-refractivity contribution in [3.05, 3.63) is 57.6 Å². The van der Waals surface area contributed by atoms with Crippen LogP contribution in [0, 0.1) is 0 Å². The zero-order valence-electron chi connectivity index (χ0n) is 12.4. The number of rotatable bonds is 7. The van der Waals surface area contributed by atoms with Gasteiger partial charge in [0.05, 0.1) is 12.6 Å². The van der Waals surface area contributed by atoms with E-state index >= 15 is 0 Å². The molecule has 0 amide bonds. The first-order valence-corrected chi connectivity index (χ1v) is 7.69. The molecule has 120 valence electrons. The number of hydrogen-bond donors (Lipinski definition) is 0. The molecule has 0 saturated carbocycles. The van der Waals surface area contributed by atoms with Gasteiger partial charge in [-0.15, -0.1) is 0 Å². The molecule has 2 aromatic rings. The Morgan fingerprint density at radius 1 is 1.17 bits per heavy atom. The Labute approximate surface area is 142 Å². The van der Waals surface area contributed by atoms with Gasteiger partial charge in [-0.1, -0.05) is 24.3 Å². The maximum atomic E-state index is 11.0. The van der Waals surface area contributed by atoms with Crippen molar-refractivity contribution in [2.24, 2.45) is 0 Å². The summed E-state index contributed by atoms with van der Waals surface area (Å²) in [7, 11) is 0. The molecule has 0 atom stereocenters. The van der Waals surface area contributed by atoms with Crippen molar-refractivity contribution in [2.75, 3.05) is 6.61 Å². The normalized spacial score (nSPS) is 10.2. The van der Waals surface area contributed by atoms with Gasteiger partial charge < -0.3 is 19.4 Å². The van der Waals surface area contributed by atoms with E-state index in [-0.39, 0.29) is 12.2 Å². The second-order valence-electron chi connectivity index (χ2n) is 4.64. The third kappa shape index (κ3) is 4.32. The minimum atomic E-state index is -1.22. The monoisotopic (exact) mass is 377 g/mol. The Morgan fingerprint density at radius 3 is 2.39 bits per heavy atom. The van der Waals surface area contributed by atoms with Crippen LogP contribution in [0.25, 0.3) is 0 Å². The molecule has 5 nitrogen and oxygen atoms in total. The van der Waals surface area contributed by atoms with Gasteiger partial charge in [-0.2, -0.15) is 0 Å². The van der Waals surface area contributed by atoms with Crippen molar-refractivity contribution in [1.82, 2.24) is 0 Å². The average Bonchev–Trinajstić information content (AvgIpc) is 2.55. The first kappa shape index (κ1) is 17.0. The number of benzene rings is 2. The molecule has 0 saturated heterocycles. The van der Waals surface area contributed by atoms with Crippen molar-refractivity contribution >= 4 is 28.2 Å². The molecule has 2 rings (SSSR count). The van der Waals surface area contributed by atoms with Crippen molar-refractivity contribution in [2.45, 2.75) is 13.5 Å². The molecule has 0 aromatic heterocycles. The van der Waals surface area contributed by atoms with Gasteiger partial charge in [0.25, 0.3) is 0 Å². The third-order valence-corrected chi connectivity index (χ3v) is 3.76. The van der Waals surface area contributed by atoms with Crippen molar-refractivity contribution in [3.8, 4) is 11.5 Å². The Bertz CT molecular complexity index is 710. The summed E-state index contributed by atoms with van der Waals surface area (Å²) in [5.41, 5.74) is 1.38. The number of carbonyl (C=O) groups excluding carboxylic acids is 2. The van der Waals surface area contributed by atoms with E-state index < -0.39 is 5.97 Å². The number of aromatic carboxylic acids is 1. The van der Waals surface area contributed by atoms with Crippen LogP contribution in [-0.4, -0.2) is 18.9 Å². The molecule has 0 radical (unpaired) electrons. The van der Waals surface area contributed by atoms with Crippen molar-refractivity contribution in [1.29, 1.82) is 0 Å². The van der Waals surface area contributed by atoms with Gasteiger partial charge in [-0.3, -0.25) is 4.79 Å². The Kier molecular flexibility index (Phi) is 5.76. The van der Waals surface area contributed by atoms with Crippen LogP contribution in [0.5, 0.6) is 11.5 Å². The van der Waals surface area contributed by atoms with Crippen LogP contribution in [0.3, 0.4) is 0 Å². The third-order valence-electron chi connectivity index (χ3n) is 3.07. The first-order chi connectivity index (χ1) is 11.0. The highest BCUT2D eigenvalue weighted by molar-refractivity contribution is 9.10. The van der Waals surface area contributed by atoms with Crippen LogP contribution < -0.4 is 14.6 Å². The highest BCUT2D eigenvalue weighted by atomic mass is 79.9. The molecule has 2 aromatic carbocycles. The first-order valence-electron chi connectivity index (χ1n) is 6.89. The number of carbonyl (C=O) groups is 2. The molecule has 0 heterocycles. The Balaban J connectivity index is 2.17. The summed E-state index contributed by atoms with van der Waals surface area (Å²) in [5.74, 6) is -0.248. The van der Waals surface area contributed by atoms with Crippen LogP contribution in [0.1, 0.15) is 33.2 Å². The Hall–Kier alpha value is -2.34. The maximum absolute atomic E-state index is 11.0. The summed E-state index contributed by atoms with van der Waals surface area (Å²) in [5, 5.41) is 10.7. The lowest BCUT2D eigenvalue weighted by Crippen LogP contribution is -2.22. The number of hydrogen-bond acceptors (Lipinski definition) is 5. The highest BCUT2D eigenvalue weighted by Gasteiger charge is 2.11. The van der Waals surface area contributed by atoms with E-state index in [1.807, 2.05) is 6.92 Å². The summed E-state index contributed by atoms with van der Waals surface area (Å²) in [6.07, 6.45) is 0.731. The minimum Gasteiger partial charge on any atom is -0.545 e. The van der Waals surface area contributed by atoms with E-state index in [1.165, 1.54) is 12.1 Å². The highest BCUT2D eigenvalue weighted by Crippen LogP contribution is 2.33. The minimum absolute atomic E-state index is 0.113. The standard InChI is InChI=1S/C17H15BrO5/c1-2-22-15-7-13(9-19)14(18)8-16(15)23-10-11-3-5-12(6-4-11)17(20)21/h3-9H,2,10H2,1H3,(H,20,21)/p-1. The average molecular weight is 378 g/mol. The number of ether oxygens (including phenoxy) is 2. The lowest BCUT2D eigenvalue weighted by atomic mass is 10.1. The largest absolute Gasteiger partial charge is 0.545 e. The molecule has 0 aliphatic heterocycles. The van der Waals surface area contributed by atoms with Crippen LogP contribution >= 0.6 is 15.9 Å². The van der Waals surface area contributed by atoms with E-state index in [9.17, 15) is 14.7 Å². The fourth-order valence-electron chi connectivity index (χ4n) is 1.92. The molecule has 0 aliphatic carbocycles. The predicted molar refractivity (Wildman–Crippen MR) is 85.8 cm³/mol. The number of carboxylic acids is 1. The molecule has 6 heteroatoms. The summed E-state index contributed by atoms with van der Waals surface area (Å²) in [6, 6.07) is 9.51. The Morgan fingerprint density at radius 2 is 1.83 bits per heavy atom. The fourth-order valence-corrected chi connectivity index (χ4v) is 2.34. The van der Waals surface area contributed by atoms with Gasteiger partial charge in [-0.05, 0) is 46.1 Å². The maximum Gasteiger partial charge on any atom is 0.162 e. The summed E-state index contributed by atoms with van der Waals surface area (Å²) < 4.78 is 11.8. The zero-order valence-corrected chi connectivity index (χ0v) is 14.0. The van der Waals surface area contributed by atoms with Gasteiger partial charge in [0, 0.05) is 10.0 Å². The van der Waals surface area contributed by atoms with Gasteiger partial charge >= 0.3 is 0 Å². The van der Waals surface area contributed by atoms with Gasteiger partial charge in [0.15, 0.2) is 17.8 Å². The second kappa shape index (κ2) is 7.78. The summed E-state index contributed by atoms with van der Waals surface area (Å²) >= 11 is 3.31. The zero-order chi connectivity index (χ0) is 16.8. The van der Waals surface area contributed by atoms with Gasteiger partial charge in [0.2, 0.25) is 0 Å². The van der Waals surface area contributed by atoms with E-state index in [0.717, 1.165) is 11.8 Å². The van der Waals surface area contributed by atoms with Gasteiger partial charge in [0.1, 0.15) is 6.61 Å². The lowest BCUT2D eigenvalue weighted by Gasteiger charge is -2.14. The molecule has 0 fully saturated rings. The quantitative estimate of drug-likeness (QED) is 0.693. The molecular weight excluding hydrogens is 364 g/mol. The second-order valence-corrected chi connectivity index (χ2v) is 5.50. The summed E-state index contributed by atoms with van der Waals surface area (Å²) in [4.78, 5) is 21.7. The lowest BCUT2D eigenvalue weighted by molar-refractivity contribution is -0.255. The van der Waals surface area contributed by atoms with E-state index in [1.54, 1.807) is 24.3 Å². The van der Waals surface area contributed by atoms with Crippen molar-refractivity contribution < 1.29 is 24.2 Å². The number of halogens is 1. The van der Waals surface area contributed by atoms with Crippen LogP contribution in [0.15, 0.2) is 40.9 Å². The molecular formula is C17H14BrO5-. The predicted octanol–water partition coefficient (Wildman–Crippen LogP) is 2.60. The van der Waals surface area contributed by atoms with E-state index in [2.05, 4.69) is 15.9 Å². The molecule has 0 bridgehead atoms. The number of carboxylic acid groups (broad SMARTS) is 1. The SMILES string of the molecule is CCOc1cc(C=O)c(Br)cc1OCc1ccc(C(=O)[O-])cc1. The molecule has 23 heavy (non-hydrogen) atoms. The smallest absolute Gasteiger partial charge is 0.162 e. The van der Waals surface area contributed by atoms with Gasteiger partial charge in [-0.25, -0.2) is 0 Å². The van der Waals surface area contributed by atoms with Crippen LogP contribution in [-0.2, 0) is 6.61 Å². The fraction of sp³-hybridized carbons (Fsp3) is 0.176. The molecule has 0 N–H and O–H groups in total. The molecule has 0 aliphatic rings. The van der Waals surface area contributed by atoms with Crippen LogP contribution in [0.2, 0.25) is 0 Å². The van der Waals surface area contributed by atoms with E-state index in [4.69, 9.17) is 9.47 Å². The van der Waals surface area contributed by atoms with Crippen molar-refractivity contribution in [3.63, 3.8) is 0 Å². The molecule has 0 unspecified atom stereocenters. The molecule has 0 spiro atoms. The van der Waals surface area contributed by atoms with E-state index in [0.29, 0.717) is 28.1 Å². The topological polar surface area (TPSA) is 75.7 Å².